The van der Waals surface area contributed by atoms with Crippen LogP contribution in [0.5, 0.6) is 11.5 Å². The zero-order chi connectivity index (χ0) is 22.8. The Bertz CT molecular complexity index is 1300. The molecule has 1 N–H and O–H groups in total. The van der Waals surface area contributed by atoms with Gasteiger partial charge in [-0.25, -0.2) is 0 Å². The molecule has 1 aliphatic rings. The Kier molecular flexibility index (Phi) is 5.43. The summed E-state index contributed by atoms with van der Waals surface area (Å²) < 4.78 is 37.1. The number of fused-ring (bicyclic) bond motifs is 1. The molecule has 2 heterocycles. The number of halogens is 2. The summed E-state index contributed by atoms with van der Waals surface area (Å²) >= 11 is 1.21. The summed E-state index contributed by atoms with van der Waals surface area (Å²) in [5.41, 5.74) is 2.07. The third-order valence-corrected chi connectivity index (χ3v) is 5.63. The van der Waals surface area contributed by atoms with Gasteiger partial charge in [-0.1, -0.05) is 60.3 Å². The highest BCUT2D eigenvalue weighted by atomic mass is 32.2. The van der Waals surface area contributed by atoms with Crippen LogP contribution < -0.4 is 14.8 Å². The molecule has 5 rings (SSSR count). The predicted molar refractivity (Wildman–Crippen MR) is 119 cm³/mol. The largest absolute Gasteiger partial charge is 0.586 e. The van der Waals surface area contributed by atoms with Crippen LogP contribution in [-0.2, 0) is 4.79 Å². The predicted octanol–water partition coefficient (Wildman–Crippen LogP) is 4.99. The fraction of sp³-hybridized carbons (Fsp3) is 0.0870. The topological polar surface area (TPSA) is 78.3 Å². The maximum Gasteiger partial charge on any atom is 0.586 e. The zero-order valence-electron chi connectivity index (χ0n) is 16.9. The van der Waals surface area contributed by atoms with Crippen LogP contribution in [0.1, 0.15) is 0 Å². The molecule has 0 fully saturated rings. The number of para-hydroxylation sites is 1. The Labute approximate surface area is 191 Å². The lowest BCUT2D eigenvalue weighted by Gasteiger charge is -2.10. The number of alkyl halides is 2. The van der Waals surface area contributed by atoms with Crippen molar-refractivity contribution in [3.8, 4) is 28.6 Å². The second-order valence-corrected chi connectivity index (χ2v) is 7.95. The number of nitrogens with one attached hydrogen (secondary N) is 1. The quantitative estimate of drug-likeness (QED) is 0.404. The smallest absolute Gasteiger partial charge is 0.395 e. The number of thioether (sulfide) groups is 1. The minimum Gasteiger partial charge on any atom is -0.395 e. The van der Waals surface area contributed by atoms with Crippen molar-refractivity contribution in [2.24, 2.45) is 0 Å². The van der Waals surface area contributed by atoms with Gasteiger partial charge in [0.25, 0.3) is 0 Å². The number of benzene rings is 3. The molecular formula is C23H16F2N4O3S. The molecular weight excluding hydrogens is 450 g/mol. The molecule has 10 heteroatoms. The first-order valence-electron chi connectivity index (χ1n) is 9.87. The summed E-state index contributed by atoms with van der Waals surface area (Å²) in [6.07, 6.45) is -3.71. The van der Waals surface area contributed by atoms with Crippen molar-refractivity contribution in [2.75, 3.05) is 11.1 Å². The van der Waals surface area contributed by atoms with Gasteiger partial charge in [0.15, 0.2) is 22.5 Å². The number of anilines is 1. The lowest BCUT2D eigenvalue weighted by molar-refractivity contribution is -0.286. The first-order chi connectivity index (χ1) is 16.0. The Hall–Kier alpha value is -3.92. The van der Waals surface area contributed by atoms with E-state index in [1.54, 1.807) is 0 Å². The molecule has 0 aliphatic carbocycles. The van der Waals surface area contributed by atoms with Crippen molar-refractivity contribution in [1.29, 1.82) is 0 Å². The number of amides is 1. The van der Waals surface area contributed by atoms with E-state index in [0.717, 1.165) is 11.3 Å². The summed E-state index contributed by atoms with van der Waals surface area (Å²) in [4.78, 5) is 12.5. The molecule has 1 amide bonds. The van der Waals surface area contributed by atoms with E-state index in [1.165, 1.54) is 30.0 Å². The van der Waals surface area contributed by atoms with Gasteiger partial charge in [0.2, 0.25) is 5.91 Å². The number of carbonyl (C=O) groups is 1. The van der Waals surface area contributed by atoms with Gasteiger partial charge in [-0.05, 0) is 24.3 Å². The van der Waals surface area contributed by atoms with Gasteiger partial charge < -0.3 is 14.8 Å². The van der Waals surface area contributed by atoms with E-state index in [4.69, 9.17) is 0 Å². The number of hydrogen-bond donors (Lipinski definition) is 1. The Morgan fingerprint density at radius 3 is 2.39 bits per heavy atom. The van der Waals surface area contributed by atoms with Crippen LogP contribution in [-0.4, -0.2) is 32.7 Å². The van der Waals surface area contributed by atoms with E-state index in [0.29, 0.717) is 16.7 Å². The van der Waals surface area contributed by atoms with Gasteiger partial charge in [0.1, 0.15) is 0 Å². The van der Waals surface area contributed by atoms with Gasteiger partial charge in [0.05, 0.1) is 5.75 Å². The van der Waals surface area contributed by atoms with E-state index >= 15 is 0 Å². The van der Waals surface area contributed by atoms with Gasteiger partial charge in [-0.2, -0.15) is 0 Å². The summed E-state index contributed by atoms with van der Waals surface area (Å²) in [7, 11) is 0. The number of nitrogens with zero attached hydrogens (tertiary/aromatic N) is 3. The number of rotatable bonds is 6. The van der Waals surface area contributed by atoms with Gasteiger partial charge >= 0.3 is 6.29 Å². The van der Waals surface area contributed by atoms with Crippen molar-refractivity contribution >= 4 is 23.4 Å². The fourth-order valence-corrected chi connectivity index (χ4v) is 4.05. The summed E-state index contributed by atoms with van der Waals surface area (Å²) in [6, 6.07) is 23.3. The van der Waals surface area contributed by atoms with Crippen LogP contribution in [0, 0.1) is 0 Å². The second kappa shape index (κ2) is 8.55. The van der Waals surface area contributed by atoms with E-state index in [2.05, 4.69) is 25.0 Å². The molecule has 0 spiro atoms. The van der Waals surface area contributed by atoms with Crippen LogP contribution in [0.25, 0.3) is 17.1 Å². The molecule has 4 aromatic rings. The van der Waals surface area contributed by atoms with Crippen LogP contribution >= 0.6 is 11.8 Å². The molecule has 7 nitrogen and oxygen atoms in total. The van der Waals surface area contributed by atoms with Crippen molar-refractivity contribution in [3.05, 3.63) is 78.9 Å². The molecule has 0 bridgehead atoms. The van der Waals surface area contributed by atoms with Crippen LogP contribution in [0.15, 0.2) is 84.0 Å². The average Bonchev–Trinajstić information content (AvgIpc) is 3.38. The van der Waals surface area contributed by atoms with Gasteiger partial charge in [0, 0.05) is 23.0 Å². The van der Waals surface area contributed by atoms with Crippen molar-refractivity contribution in [3.63, 3.8) is 0 Å². The first kappa shape index (κ1) is 21.0. The molecule has 0 radical (unpaired) electrons. The molecule has 0 saturated carbocycles. The third-order valence-electron chi connectivity index (χ3n) is 4.70. The molecule has 0 saturated heterocycles. The maximum absolute atomic E-state index is 13.2. The summed E-state index contributed by atoms with van der Waals surface area (Å²) in [5, 5.41) is 11.8. The molecule has 3 aromatic carbocycles. The number of ether oxygens (including phenoxy) is 2. The maximum atomic E-state index is 13.2. The highest BCUT2D eigenvalue weighted by Gasteiger charge is 2.43. The van der Waals surface area contributed by atoms with E-state index in [9.17, 15) is 13.6 Å². The highest BCUT2D eigenvalue weighted by Crippen LogP contribution is 2.42. The fourth-order valence-electron chi connectivity index (χ4n) is 3.30. The van der Waals surface area contributed by atoms with Crippen LogP contribution in [0.3, 0.4) is 0 Å². The molecule has 166 valence electrons. The Morgan fingerprint density at radius 2 is 1.64 bits per heavy atom. The van der Waals surface area contributed by atoms with Crippen LogP contribution in [0.4, 0.5) is 14.5 Å². The van der Waals surface area contributed by atoms with E-state index in [1.807, 2.05) is 65.2 Å². The molecule has 0 unspecified atom stereocenters. The Balaban J connectivity index is 1.33. The van der Waals surface area contributed by atoms with E-state index < -0.39 is 6.29 Å². The molecule has 1 aromatic heterocycles. The molecule has 33 heavy (non-hydrogen) atoms. The minimum absolute atomic E-state index is 0.0321. The number of hydrogen-bond acceptors (Lipinski definition) is 6. The van der Waals surface area contributed by atoms with Crippen molar-refractivity contribution in [1.82, 2.24) is 14.8 Å². The normalized spacial score (nSPS) is 13.6. The van der Waals surface area contributed by atoms with Crippen molar-refractivity contribution < 1.29 is 23.0 Å². The summed E-state index contributed by atoms with van der Waals surface area (Å²) in [5.74, 6) is 0.124. The Morgan fingerprint density at radius 1 is 0.939 bits per heavy atom. The highest BCUT2D eigenvalue weighted by molar-refractivity contribution is 7.99. The monoisotopic (exact) mass is 466 g/mol. The standard InChI is InChI=1S/C23H16F2N4O3S/c24-23(25)31-18-12-11-16(13-19(18)32-23)26-20(30)14-33-22-28-27-21(15-7-3-1-4-8-15)29(22)17-9-5-2-6-10-17/h1-13H,14H2,(H,26,30). The third kappa shape index (κ3) is 4.51. The van der Waals surface area contributed by atoms with Crippen LogP contribution in [0.2, 0.25) is 0 Å². The molecule has 1 aliphatic heterocycles. The lowest BCUT2D eigenvalue weighted by Crippen LogP contribution is -2.25. The van der Waals surface area contributed by atoms with Gasteiger partial charge in [-0.15, -0.1) is 19.0 Å². The lowest BCUT2D eigenvalue weighted by atomic mass is 10.2. The number of carbonyl (C=O) groups excluding carboxylic acids is 1. The first-order valence-corrected chi connectivity index (χ1v) is 10.9. The zero-order valence-corrected chi connectivity index (χ0v) is 17.8. The minimum atomic E-state index is -3.71. The average molecular weight is 466 g/mol. The van der Waals surface area contributed by atoms with Crippen molar-refractivity contribution in [2.45, 2.75) is 11.5 Å². The SMILES string of the molecule is O=C(CSc1nnc(-c2ccccc2)n1-c1ccccc1)Nc1ccc2c(c1)OC(F)(F)O2. The molecule has 0 atom stereocenters. The van der Waals surface area contributed by atoms with E-state index in [-0.39, 0.29) is 23.2 Å². The van der Waals surface area contributed by atoms with Gasteiger partial charge in [-0.3, -0.25) is 9.36 Å². The number of aromatic nitrogens is 3. The second-order valence-electron chi connectivity index (χ2n) is 7.01. The summed E-state index contributed by atoms with van der Waals surface area (Å²) in [6.45, 7) is 0.